The maximum atomic E-state index is 11.7. The minimum Gasteiger partial charge on any atom is -0.348 e. The Kier molecular flexibility index (Phi) is 5.47. The number of rotatable bonds is 4. The molecule has 1 rings (SSSR count). The maximum Gasteiger partial charge on any atom is 0.233 e. The van der Waals surface area contributed by atoms with Gasteiger partial charge in [0.25, 0.3) is 0 Å². The van der Waals surface area contributed by atoms with Crippen LogP contribution in [0.4, 0.5) is 0 Å². The highest BCUT2D eigenvalue weighted by molar-refractivity contribution is 9.10. The summed E-state index contributed by atoms with van der Waals surface area (Å²) in [5.74, 6) is 0.324. The molecule has 1 N–H and O–H groups in total. The highest BCUT2D eigenvalue weighted by Crippen LogP contribution is 2.23. The van der Waals surface area contributed by atoms with Gasteiger partial charge in [0.05, 0.1) is 10.9 Å². The molecule has 2 atom stereocenters. The van der Waals surface area contributed by atoms with E-state index >= 15 is 0 Å². The number of hydrogen-bond acceptors (Lipinski definition) is 1. The maximum absolute atomic E-state index is 11.7. The number of halogens is 2. The Morgan fingerprint density at radius 2 is 1.76 bits per heavy atom. The SMILES string of the molecule is CC(Br)C(=O)NC(c1ccc(Cl)cc1)C(C)C. The van der Waals surface area contributed by atoms with Gasteiger partial charge >= 0.3 is 0 Å². The Balaban J connectivity index is 2.86. The number of nitrogens with one attached hydrogen (secondary N) is 1. The van der Waals surface area contributed by atoms with Crippen molar-refractivity contribution < 1.29 is 4.79 Å². The van der Waals surface area contributed by atoms with Gasteiger partial charge in [-0.3, -0.25) is 4.79 Å². The molecule has 0 aliphatic carbocycles. The van der Waals surface area contributed by atoms with Crippen LogP contribution in [0.2, 0.25) is 5.02 Å². The van der Waals surface area contributed by atoms with Crippen LogP contribution >= 0.6 is 27.5 Å². The molecule has 0 spiro atoms. The lowest BCUT2D eigenvalue weighted by Gasteiger charge is -2.23. The Hall–Kier alpha value is -0.540. The molecule has 94 valence electrons. The summed E-state index contributed by atoms with van der Waals surface area (Å²) in [6.07, 6.45) is 0. The van der Waals surface area contributed by atoms with Crippen LogP contribution in [-0.2, 0) is 4.79 Å². The number of hydrogen-bond donors (Lipinski definition) is 1. The molecular formula is C13H17BrClNO. The van der Waals surface area contributed by atoms with E-state index in [1.807, 2.05) is 31.2 Å². The Morgan fingerprint density at radius 3 is 2.18 bits per heavy atom. The molecule has 0 bridgehead atoms. The highest BCUT2D eigenvalue weighted by atomic mass is 79.9. The smallest absolute Gasteiger partial charge is 0.233 e. The van der Waals surface area contributed by atoms with E-state index in [0.717, 1.165) is 5.56 Å². The zero-order valence-corrected chi connectivity index (χ0v) is 12.5. The molecular weight excluding hydrogens is 302 g/mol. The van der Waals surface area contributed by atoms with Crippen molar-refractivity contribution >= 4 is 33.4 Å². The molecule has 0 saturated carbocycles. The third-order valence-corrected chi connectivity index (χ3v) is 3.22. The van der Waals surface area contributed by atoms with Crippen molar-refractivity contribution in [1.29, 1.82) is 0 Å². The molecule has 0 radical (unpaired) electrons. The summed E-state index contributed by atoms with van der Waals surface area (Å²) in [7, 11) is 0. The largest absolute Gasteiger partial charge is 0.348 e. The van der Waals surface area contributed by atoms with E-state index in [1.165, 1.54) is 0 Å². The van der Waals surface area contributed by atoms with E-state index in [9.17, 15) is 4.79 Å². The molecule has 1 aromatic carbocycles. The zero-order chi connectivity index (χ0) is 13.0. The van der Waals surface area contributed by atoms with E-state index in [4.69, 9.17) is 11.6 Å². The van der Waals surface area contributed by atoms with Gasteiger partial charge in [0.1, 0.15) is 0 Å². The number of carbonyl (C=O) groups is 1. The fourth-order valence-corrected chi connectivity index (χ4v) is 1.83. The zero-order valence-electron chi connectivity index (χ0n) is 10.2. The first-order valence-corrected chi connectivity index (χ1v) is 6.91. The summed E-state index contributed by atoms with van der Waals surface area (Å²) < 4.78 is 0. The van der Waals surface area contributed by atoms with E-state index in [1.54, 1.807) is 0 Å². The fraction of sp³-hybridized carbons (Fsp3) is 0.462. The minimum atomic E-state index is -0.184. The molecule has 0 fully saturated rings. The van der Waals surface area contributed by atoms with Crippen molar-refractivity contribution in [2.45, 2.75) is 31.6 Å². The molecule has 0 aliphatic rings. The van der Waals surface area contributed by atoms with Gasteiger partial charge in [0, 0.05) is 5.02 Å². The lowest BCUT2D eigenvalue weighted by atomic mass is 9.96. The Labute approximate surface area is 116 Å². The van der Waals surface area contributed by atoms with Gasteiger partial charge in [-0.15, -0.1) is 0 Å². The van der Waals surface area contributed by atoms with Gasteiger partial charge in [-0.1, -0.05) is 53.5 Å². The first-order valence-electron chi connectivity index (χ1n) is 5.61. The van der Waals surface area contributed by atoms with Crippen LogP contribution in [0.15, 0.2) is 24.3 Å². The fourth-order valence-electron chi connectivity index (χ4n) is 1.57. The second-order valence-corrected chi connectivity index (χ2v) is 6.21. The second kappa shape index (κ2) is 6.41. The normalized spacial score (nSPS) is 14.5. The summed E-state index contributed by atoms with van der Waals surface area (Å²) in [4.78, 5) is 11.5. The predicted molar refractivity (Wildman–Crippen MR) is 75.6 cm³/mol. The van der Waals surface area contributed by atoms with Crippen LogP contribution in [0, 0.1) is 5.92 Å². The summed E-state index contributed by atoms with van der Waals surface area (Å²) in [5.41, 5.74) is 1.07. The van der Waals surface area contributed by atoms with Crippen LogP contribution in [0.3, 0.4) is 0 Å². The molecule has 0 aliphatic heterocycles. The molecule has 4 heteroatoms. The van der Waals surface area contributed by atoms with Crippen molar-refractivity contribution in [3.8, 4) is 0 Å². The molecule has 0 saturated heterocycles. The third kappa shape index (κ3) is 4.32. The number of benzene rings is 1. The van der Waals surface area contributed by atoms with E-state index in [-0.39, 0.29) is 16.8 Å². The molecule has 1 amide bonds. The average Bonchev–Trinajstić information content (AvgIpc) is 2.26. The average molecular weight is 319 g/mol. The number of alkyl halides is 1. The molecule has 1 aromatic rings. The van der Waals surface area contributed by atoms with Crippen molar-refractivity contribution in [3.05, 3.63) is 34.9 Å². The van der Waals surface area contributed by atoms with Gasteiger partial charge < -0.3 is 5.32 Å². The van der Waals surface area contributed by atoms with Gasteiger partial charge in [-0.25, -0.2) is 0 Å². The first-order chi connectivity index (χ1) is 7.91. The molecule has 0 aromatic heterocycles. The van der Waals surface area contributed by atoms with Gasteiger partial charge in [0.15, 0.2) is 0 Å². The summed E-state index contributed by atoms with van der Waals surface area (Å²) in [5, 5.41) is 3.73. The number of amides is 1. The van der Waals surface area contributed by atoms with Crippen LogP contribution in [0.25, 0.3) is 0 Å². The summed E-state index contributed by atoms with van der Waals surface area (Å²) in [6.45, 7) is 5.98. The predicted octanol–water partition coefficient (Wildman–Crippen LogP) is 3.94. The van der Waals surface area contributed by atoms with Crippen LogP contribution in [-0.4, -0.2) is 10.7 Å². The second-order valence-electron chi connectivity index (χ2n) is 4.40. The van der Waals surface area contributed by atoms with Crippen LogP contribution in [0.1, 0.15) is 32.4 Å². The quantitative estimate of drug-likeness (QED) is 0.837. The van der Waals surface area contributed by atoms with Crippen LogP contribution in [0.5, 0.6) is 0 Å². The lowest BCUT2D eigenvalue weighted by Crippen LogP contribution is -2.35. The molecule has 2 unspecified atom stereocenters. The lowest BCUT2D eigenvalue weighted by molar-refractivity contribution is -0.121. The van der Waals surface area contributed by atoms with E-state index in [2.05, 4.69) is 35.1 Å². The third-order valence-electron chi connectivity index (χ3n) is 2.55. The molecule has 0 heterocycles. The van der Waals surface area contributed by atoms with Crippen molar-refractivity contribution in [2.24, 2.45) is 5.92 Å². The van der Waals surface area contributed by atoms with Gasteiger partial charge in [-0.2, -0.15) is 0 Å². The minimum absolute atomic E-state index is 0.00125. The first kappa shape index (κ1) is 14.5. The summed E-state index contributed by atoms with van der Waals surface area (Å²) in [6, 6.07) is 7.60. The summed E-state index contributed by atoms with van der Waals surface area (Å²) >= 11 is 9.13. The Morgan fingerprint density at radius 1 is 1.24 bits per heavy atom. The standard InChI is InChI=1S/C13H17BrClNO/c1-8(2)12(16-13(17)9(3)14)10-4-6-11(15)7-5-10/h4-9,12H,1-3H3,(H,16,17). The van der Waals surface area contributed by atoms with Crippen molar-refractivity contribution in [2.75, 3.05) is 0 Å². The topological polar surface area (TPSA) is 29.1 Å². The van der Waals surface area contributed by atoms with Crippen LogP contribution < -0.4 is 5.32 Å². The number of carbonyl (C=O) groups excluding carboxylic acids is 1. The highest BCUT2D eigenvalue weighted by Gasteiger charge is 2.20. The van der Waals surface area contributed by atoms with E-state index < -0.39 is 0 Å². The monoisotopic (exact) mass is 317 g/mol. The molecule has 2 nitrogen and oxygen atoms in total. The van der Waals surface area contributed by atoms with E-state index in [0.29, 0.717) is 10.9 Å². The Bertz CT molecular complexity index is 376. The van der Waals surface area contributed by atoms with Crippen molar-refractivity contribution in [3.63, 3.8) is 0 Å². The van der Waals surface area contributed by atoms with Crippen molar-refractivity contribution in [1.82, 2.24) is 5.32 Å². The molecule has 17 heavy (non-hydrogen) atoms. The van der Waals surface area contributed by atoms with Gasteiger partial charge in [0.2, 0.25) is 5.91 Å². The van der Waals surface area contributed by atoms with Gasteiger partial charge in [-0.05, 0) is 30.5 Å².